The first-order valence-corrected chi connectivity index (χ1v) is 8.14. The summed E-state index contributed by atoms with van der Waals surface area (Å²) < 4.78 is 0. The Morgan fingerprint density at radius 3 is 2.53 bits per heavy atom. The normalized spacial score (nSPS) is 36.8. The summed E-state index contributed by atoms with van der Waals surface area (Å²) in [5.74, 6) is 1.87. The van der Waals surface area contributed by atoms with Gasteiger partial charge in [-0.25, -0.2) is 0 Å². The molecule has 1 heterocycles. The summed E-state index contributed by atoms with van der Waals surface area (Å²) in [6, 6.07) is 0.669. The van der Waals surface area contributed by atoms with E-state index in [-0.39, 0.29) is 5.54 Å². The van der Waals surface area contributed by atoms with E-state index in [9.17, 15) is 0 Å². The smallest absolute Gasteiger partial charge is 0.0341 e. The van der Waals surface area contributed by atoms with E-state index >= 15 is 0 Å². The lowest BCUT2D eigenvalue weighted by Crippen LogP contribution is -2.53. The van der Waals surface area contributed by atoms with Gasteiger partial charge < -0.3 is 10.6 Å². The molecule has 0 aromatic heterocycles. The second-order valence-electron chi connectivity index (χ2n) is 7.27. The van der Waals surface area contributed by atoms with Gasteiger partial charge in [0.25, 0.3) is 0 Å². The van der Waals surface area contributed by atoms with Crippen molar-refractivity contribution >= 4 is 0 Å². The van der Waals surface area contributed by atoms with Crippen LogP contribution in [0.3, 0.4) is 0 Å². The Balaban J connectivity index is 1.96. The Morgan fingerprint density at radius 2 is 2.00 bits per heavy atom. The van der Waals surface area contributed by atoms with E-state index in [1.807, 2.05) is 0 Å². The van der Waals surface area contributed by atoms with Gasteiger partial charge in [-0.15, -0.1) is 0 Å². The third kappa shape index (κ3) is 3.50. The van der Waals surface area contributed by atoms with Gasteiger partial charge in [0.15, 0.2) is 0 Å². The van der Waals surface area contributed by atoms with Crippen molar-refractivity contribution in [2.24, 2.45) is 17.6 Å². The largest absolute Gasteiger partial charge is 0.329 e. The first kappa shape index (κ1) is 15.3. The average Bonchev–Trinajstić information content (AvgIpc) is 3.10. The van der Waals surface area contributed by atoms with Gasteiger partial charge in [-0.1, -0.05) is 6.92 Å². The molecule has 0 radical (unpaired) electrons. The number of likely N-dealkylation sites (N-methyl/N-ethyl adjacent to an activating group) is 1. The molecule has 1 saturated heterocycles. The molecule has 2 fully saturated rings. The molecule has 2 aliphatic rings. The van der Waals surface area contributed by atoms with Gasteiger partial charge in [-0.3, -0.25) is 4.90 Å². The number of likely N-dealkylation sites (tertiary alicyclic amines) is 1. The van der Waals surface area contributed by atoms with Crippen molar-refractivity contribution in [3.63, 3.8) is 0 Å². The van der Waals surface area contributed by atoms with Crippen LogP contribution in [-0.4, -0.2) is 54.6 Å². The molecular weight excluding hydrogens is 234 g/mol. The molecule has 1 aliphatic carbocycles. The highest BCUT2D eigenvalue weighted by Crippen LogP contribution is 2.40. The van der Waals surface area contributed by atoms with Crippen LogP contribution in [0, 0.1) is 11.8 Å². The average molecular weight is 267 g/mol. The summed E-state index contributed by atoms with van der Waals surface area (Å²) in [4.78, 5) is 5.22. The Bertz CT molecular complexity index is 292. The summed E-state index contributed by atoms with van der Waals surface area (Å²) in [7, 11) is 2.31. The zero-order chi connectivity index (χ0) is 14.0. The van der Waals surface area contributed by atoms with Gasteiger partial charge in [0.2, 0.25) is 0 Å². The van der Waals surface area contributed by atoms with E-state index in [0.29, 0.717) is 6.04 Å². The molecule has 3 nitrogen and oxygen atoms in total. The SMILES string of the molecule is CC1CC1CN(C)C1(CN)CCCN(C(C)C)CC1. The highest BCUT2D eigenvalue weighted by atomic mass is 15.2. The first-order chi connectivity index (χ1) is 8.98. The minimum atomic E-state index is 0.256. The Hall–Kier alpha value is -0.120. The van der Waals surface area contributed by atoms with Gasteiger partial charge in [0.1, 0.15) is 0 Å². The predicted octanol–water partition coefficient (Wildman–Crippen LogP) is 2.17. The van der Waals surface area contributed by atoms with Crippen LogP contribution in [0.1, 0.15) is 46.5 Å². The van der Waals surface area contributed by atoms with Gasteiger partial charge in [-0.05, 0) is 65.0 Å². The minimum absolute atomic E-state index is 0.256. The lowest BCUT2D eigenvalue weighted by molar-refractivity contribution is 0.0983. The number of nitrogens with two attached hydrogens (primary N) is 1. The van der Waals surface area contributed by atoms with Crippen LogP contribution in [0.4, 0.5) is 0 Å². The van der Waals surface area contributed by atoms with Crippen LogP contribution < -0.4 is 5.73 Å². The molecule has 2 N–H and O–H groups in total. The highest BCUT2D eigenvalue weighted by molar-refractivity contribution is 4.96. The Labute approximate surface area is 119 Å². The summed E-state index contributed by atoms with van der Waals surface area (Å²) in [5, 5.41) is 0. The van der Waals surface area contributed by atoms with Gasteiger partial charge in [0.05, 0.1) is 0 Å². The third-order valence-corrected chi connectivity index (χ3v) is 5.66. The molecule has 2 rings (SSSR count). The van der Waals surface area contributed by atoms with Crippen LogP contribution in [0.15, 0.2) is 0 Å². The lowest BCUT2D eigenvalue weighted by Gasteiger charge is -2.41. The van der Waals surface area contributed by atoms with E-state index in [1.165, 1.54) is 45.3 Å². The molecule has 0 aromatic rings. The maximum Gasteiger partial charge on any atom is 0.0341 e. The molecule has 19 heavy (non-hydrogen) atoms. The molecular formula is C16H33N3. The van der Waals surface area contributed by atoms with Crippen LogP contribution in [0.25, 0.3) is 0 Å². The van der Waals surface area contributed by atoms with Crippen molar-refractivity contribution < 1.29 is 0 Å². The molecule has 0 aromatic carbocycles. The molecule has 0 amide bonds. The standard InChI is InChI=1S/C16H33N3/c1-13(2)19-8-5-6-16(12-17,7-9-19)18(4)11-15-10-14(15)3/h13-15H,5-12,17H2,1-4H3. The minimum Gasteiger partial charge on any atom is -0.329 e. The zero-order valence-corrected chi connectivity index (χ0v) is 13.4. The van der Waals surface area contributed by atoms with Gasteiger partial charge in [-0.2, -0.15) is 0 Å². The number of hydrogen-bond donors (Lipinski definition) is 1. The van der Waals surface area contributed by atoms with Gasteiger partial charge >= 0.3 is 0 Å². The fraction of sp³-hybridized carbons (Fsp3) is 1.00. The molecule has 3 atom stereocenters. The van der Waals surface area contributed by atoms with E-state index in [2.05, 4.69) is 37.6 Å². The quantitative estimate of drug-likeness (QED) is 0.828. The van der Waals surface area contributed by atoms with Crippen molar-refractivity contribution in [3.05, 3.63) is 0 Å². The van der Waals surface area contributed by atoms with E-state index < -0.39 is 0 Å². The monoisotopic (exact) mass is 267 g/mol. The Morgan fingerprint density at radius 1 is 1.32 bits per heavy atom. The predicted molar refractivity (Wildman–Crippen MR) is 82.2 cm³/mol. The maximum absolute atomic E-state index is 6.20. The summed E-state index contributed by atoms with van der Waals surface area (Å²) in [6.45, 7) is 11.5. The van der Waals surface area contributed by atoms with Crippen molar-refractivity contribution in [3.8, 4) is 0 Å². The molecule has 0 spiro atoms. The molecule has 1 saturated carbocycles. The van der Waals surface area contributed by atoms with E-state index in [1.54, 1.807) is 0 Å². The maximum atomic E-state index is 6.20. The van der Waals surface area contributed by atoms with Crippen LogP contribution in [0.2, 0.25) is 0 Å². The van der Waals surface area contributed by atoms with Crippen molar-refractivity contribution in [1.29, 1.82) is 0 Å². The lowest BCUT2D eigenvalue weighted by atomic mass is 9.88. The van der Waals surface area contributed by atoms with E-state index in [0.717, 1.165) is 18.4 Å². The highest BCUT2D eigenvalue weighted by Gasteiger charge is 2.40. The fourth-order valence-corrected chi connectivity index (χ4v) is 3.66. The van der Waals surface area contributed by atoms with Crippen molar-refractivity contribution in [2.75, 3.05) is 33.2 Å². The second-order valence-corrected chi connectivity index (χ2v) is 7.27. The summed E-state index contributed by atoms with van der Waals surface area (Å²) in [6.07, 6.45) is 5.21. The Kier molecular flexibility index (Phi) is 4.91. The van der Waals surface area contributed by atoms with Crippen LogP contribution >= 0.6 is 0 Å². The van der Waals surface area contributed by atoms with Crippen LogP contribution in [0.5, 0.6) is 0 Å². The molecule has 0 bridgehead atoms. The second kappa shape index (κ2) is 6.11. The number of hydrogen-bond acceptors (Lipinski definition) is 3. The van der Waals surface area contributed by atoms with E-state index in [4.69, 9.17) is 5.73 Å². The molecule has 1 aliphatic heterocycles. The third-order valence-electron chi connectivity index (χ3n) is 5.66. The summed E-state index contributed by atoms with van der Waals surface area (Å²) >= 11 is 0. The first-order valence-electron chi connectivity index (χ1n) is 8.14. The number of nitrogens with zero attached hydrogens (tertiary/aromatic N) is 2. The molecule has 3 heteroatoms. The molecule has 3 unspecified atom stereocenters. The van der Waals surface area contributed by atoms with Crippen molar-refractivity contribution in [2.45, 2.75) is 58.0 Å². The van der Waals surface area contributed by atoms with Crippen molar-refractivity contribution in [1.82, 2.24) is 9.80 Å². The fourth-order valence-electron chi connectivity index (χ4n) is 3.66. The van der Waals surface area contributed by atoms with Crippen LogP contribution in [-0.2, 0) is 0 Å². The number of rotatable bonds is 5. The summed E-state index contributed by atoms with van der Waals surface area (Å²) in [5.41, 5.74) is 6.46. The topological polar surface area (TPSA) is 32.5 Å². The zero-order valence-electron chi connectivity index (χ0n) is 13.4. The molecule has 112 valence electrons. The van der Waals surface area contributed by atoms with Gasteiger partial charge in [0, 0.05) is 31.2 Å².